The first-order valence-corrected chi connectivity index (χ1v) is 10.7. The van der Waals surface area contributed by atoms with Gasteiger partial charge in [0.25, 0.3) is 0 Å². The summed E-state index contributed by atoms with van der Waals surface area (Å²) < 4.78 is 16.9. The topological polar surface area (TPSA) is 86.9 Å². The van der Waals surface area contributed by atoms with E-state index >= 15 is 0 Å². The van der Waals surface area contributed by atoms with Crippen LogP contribution in [0.3, 0.4) is 0 Å². The van der Waals surface area contributed by atoms with Crippen molar-refractivity contribution >= 4 is 6.09 Å². The molecular weight excluding hydrogens is 370 g/mol. The Kier molecular flexibility index (Phi) is 8.56. The van der Waals surface area contributed by atoms with Crippen molar-refractivity contribution in [2.24, 2.45) is 11.7 Å². The Bertz CT molecular complexity index is 660. The Morgan fingerprint density at radius 1 is 1.24 bits per heavy atom. The van der Waals surface area contributed by atoms with E-state index in [1.807, 2.05) is 26.8 Å². The zero-order chi connectivity index (χ0) is 21.4. The molecule has 2 rings (SSSR count). The summed E-state index contributed by atoms with van der Waals surface area (Å²) in [7, 11) is 0. The molecule has 0 fully saturated rings. The van der Waals surface area contributed by atoms with Gasteiger partial charge in [0, 0.05) is 12.1 Å². The van der Waals surface area contributed by atoms with Crippen LogP contribution in [-0.2, 0) is 11.3 Å². The summed E-state index contributed by atoms with van der Waals surface area (Å²) in [6.45, 7) is 11.9. The van der Waals surface area contributed by atoms with Gasteiger partial charge in [-0.3, -0.25) is 9.88 Å². The number of rotatable bonds is 9. The van der Waals surface area contributed by atoms with Gasteiger partial charge in [0.2, 0.25) is 0 Å². The molecule has 29 heavy (non-hydrogen) atoms. The number of hydrogen-bond donors (Lipinski definition) is 1. The van der Waals surface area contributed by atoms with Crippen LogP contribution in [0.15, 0.2) is 12.3 Å². The number of pyridine rings is 1. The van der Waals surface area contributed by atoms with Crippen molar-refractivity contribution in [1.82, 2.24) is 9.88 Å². The zero-order valence-corrected chi connectivity index (χ0v) is 18.6. The van der Waals surface area contributed by atoms with Crippen LogP contribution in [0, 0.1) is 5.92 Å². The van der Waals surface area contributed by atoms with Crippen molar-refractivity contribution in [1.29, 1.82) is 0 Å². The van der Waals surface area contributed by atoms with Crippen molar-refractivity contribution in [3.63, 3.8) is 0 Å². The number of carbonyl (C=O) groups is 1. The molecule has 1 amide bonds. The molecule has 1 aromatic heterocycles. The van der Waals surface area contributed by atoms with E-state index in [0.29, 0.717) is 43.7 Å². The van der Waals surface area contributed by atoms with Crippen LogP contribution in [0.25, 0.3) is 0 Å². The van der Waals surface area contributed by atoms with Crippen LogP contribution in [0.5, 0.6) is 11.5 Å². The summed E-state index contributed by atoms with van der Waals surface area (Å²) >= 11 is 0. The number of carbonyl (C=O) groups excluding carboxylic acids is 1. The van der Waals surface area contributed by atoms with Gasteiger partial charge in [-0.05, 0) is 52.5 Å². The molecule has 2 heterocycles. The average molecular weight is 408 g/mol. The van der Waals surface area contributed by atoms with E-state index < -0.39 is 5.60 Å². The second kappa shape index (κ2) is 10.7. The highest BCUT2D eigenvalue weighted by molar-refractivity contribution is 5.68. The van der Waals surface area contributed by atoms with E-state index in [2.05, 4.69) is 18.8 Å². The number of nitrogens with two attached hydrogens (primary N) is 1. The van der Waals surface area contributed by atoms with Gasteiger partial charge in [0.15, 0.2) is 11.5 Å². The lowest BCUT2D eigenvalue weighted by atomic mass is 9.97. The van der Waals surface area contributed by atoms with Crippen molar-refractivity contribution in [3.8, 4) is 11.5 Å². The minimum absolute atomic E-state index is 0.00106. The molecular formula is C22H37N3O4. The van der Waals surface area contributed by atoms with Crippen molar-refractivity contribution in [3.05, 3.63) is 18.0 Å². The van der Waals surface area contributed by atoms with Crippen LogP contribution >= 0.6 is 0 Å². The van der Waals surface area contributed by atoms with Gasteiger partial charge in [-0.2, -0.15) is 0 Å². The number of amides is 1. The molecule has 1 unspecified atom stereocenters. The number of aromatic nitrogens is 1. The quantitative estimate of drug-likeness (QED) is 0.662. The minimum Gasteiger partial charge on any atom is -0.486 e. The summed E-state index contributed by atoms with van der Waals surface area (Å²) in [5.41, 5.74) is 6.06. The molecule has 0 saturated heterocycles. The van der Waals surface area contributed by atoms with E-state index in [-0.39, 0.29) is 12.1 Å². The van der Waals surface area contributed by atoms with Crippen molar-refractivity contribution < 1.29 is 19.0 Å². The van der Waals surface area contributed by atoms with Crippen molar-refractivity contribution in [2.75, 3.05) is 19.8 Å². The third-order valence-electron chi connectivity index (χ3n) is 5.08. The monoisotopic (exact) mass is 407 g/mol. The maximum absolute atomic E-state index is 13.1. The second-order valence-electron chi connectivity index (χ2n) is 8.75. The molecule has 0 aliphatic carbocycles. The second-order valence-corrected chi connectivity index (χ2v) is 8.75. The van der Waals surface area contributed by atoms with Crippen LogP contribution in [0.1, 0.15) is 66.0 Å². The molecule has 0 bridgehead atoms. The Balaban J connectivity index is 2.23. The van der Waals surface area contributed by atoms with Crippen molar-refractivity contribution in [2.45, 2.75) is 78.5 Å². The highest BCUT2D eigenvalue weighted by Crippen LogP contribution is 2.30. The molecule has 7 heteroatoms. The summed E-state index contributed by atoms with van der Waals surface area (Å²) in [6, 6.07) is 1.85. The number of ether oxygens (including phenoxy) is 3. The van der Waals surface area contributed by atoms with Crippen LogP contribution in [0.2, 0.25) is 0 Å². The van der Waals surface area contributed by atoms with Gasteiger partial charge >= 0.3 is 6.09 Å². The lowest BCUT2D eigenvalue weighted by Crippen LogP contribution is -2.44. The summed E-state index contributed by atoms with van der Waals surface area (Å²) in [6.07, 6.45) is 5.09. The molecule has 1 aliphatic rings. The number of fused-ring (bicyclic) bond motifs is 1. The average Bonchev–Trinajstić information content (AvgIpc) is 2.67. The molecule has 0 spiro atoms. The van der Waals surface area contributed by atoms with E-state index in [4.69, 9.17) is 19.9 Å². The normalized spacial score (nSPS) is 15.5. The fourth-order valence-corrected chi connectivity index (χ4v) is 3.24. The third kappa shape index (κ3) is 7.38. The predicted octanol–water partition coefficient (Wildman–Crippen LogP) is 4.13. The molecule has 164 valence electrons. The molecule has 2 atom stereocenters. The lowest BCUT2D eigenvalue weighted by Gasteiger charge is -2.34. The van der Waals surface area contributed by atoms with Gasteiger partial charge < -0.3 is 19.9 Å². The maximum atomic E-state index is 13.1. The Labute approximate surface area is 174 Å². The first kappa shape index (κ1) is 23.3. The highest BCUT2D eigenvalue weighted by atomic mass is 16.6. The molecule has 0 radical (unpaired) electrons. The third-order valence-corrected chi connectivity index (χ3v) is 5.08. The number of nitrogens with zero attached hydrogens (tertiary/aromatic N) is 2. The Hall–Kier alpha value is -2.02. The SMILES string of the molecule is CC[C@@H](C)CCC(CCN)N(Cc1cc2c(cn1)OCCO2)C(=O)OC(C)(C)C. The van der Waals surface area contributed by atoms with Crippen LogP contribution in [0.4, 0.5) is 4.79 Å². The molecule has 0 aromatic carbocycles. The standard InChI is InChI=1S/C22H37N3O4/c1-6-16(2)7-8-18(9-10-23)25(21(26)29-22(3,4)5)15-17-13-19-20(14-24-17)28-12-11-27-19/h13-14,16,18H,6-12,15,23H2,1-5H3/t16-,18?/m1/s1. The minimum atomic E-state index is -0.570. The first-order chi connectivity index (χ1) is 13.7. The van der Waals surface area contributed by atoms with Crippen LogP contribution in [-0.4, -0.2) is 47.4 Å². The predicted molar refractivity (Wildman–Crippen MR) is 113 cm³/mol. The summed E-state index contributed by atoms with van der Waals surface area (Å²) in [5, 5.41) is 0. The van der Waals surface area contributed by atoms with E-state index in [9.17, 15) is 4.79 Å². The van der Waals surface area contributed by atoms with Gasteiger partial charge in [-0.25, -0.2) is 4.79 Å². The Morgan fingerprint density at radius 3 is 2.55 bits per heavy atom. The summed E-state index contributed by atoms with van der Waals surface area (Å²) in [5.74, 6) is 1.91. The highest BCUT2D eigenvalue weighted by Gasteiger charge is 2.29. The first-order valence-electron chi connectivity index (χ1n) is 10.7. The van der Waals surface area contributed by atoms with Gasteiger partial charge in [-0.1, -0.05) is 20.3 Å². The van der Waals surface area contributed by atoms with Gasteiger partial charge in [0.1, 0.15) is 18.8 Å². The molecule has 1 aromatic rings. The lowest BCUT2D eigenvalue weighted by molar-refractivity contribution is 0.0113. The van der Waals surface area contributed by atoms with E-state index in [1.54, 1.807) is 11.1 Å². The fourth-order valence-electron chi connectivity index (χ4n) is 3.24. The van der Waals surface area contributed by atoms with Crippen LogP contribution < -0.4 is 15.2 Å². The Morgan fingerprint density at radius 2 is 1.93 bits per heavy atom. The van der Waals surface area contributed by atoms with Gasteiger partial charge in [-0.15, -0.1) is 0 Å². The molecule has 7 nitrogen and oxygen atoms in total. The fraction of sp³-hybridized carbons (Fsp3) is 0.727. The molecule has 1 aliphatic heterocycles. The van der Waals surface area contributed by atoms with Gasteiger partial charge in [0.05, 0.1) is 18.4 Å². The summed E-state index contributed by atoms with van der Waals surface area (Å²) in [4.78, 5) is 19.3. The largest absolute Gasteiger partial charge is 0.486 e. The zero-order valence-electron chi connectivity index (χ0n) is 18.6. The molecule has 0 saturated carbocycles. The maximum Gasteiger partial charge on any atom is 0.410 e. The van der Waals surface area contributed by atoms with E-state index in [0.717, 1.165) is 31.4 Å². The number of hydrogen-bond acceptors (Lipinski definition) is 6. The molecule has 2 N–H and O–H groups in total. The van der Waals surface area contributed by atoms with E-state index in [1.165, 1.54) is 0 Å². The smallest absolute Gasteiger partial charge is 0.410 e.